The second-order valence-corrected chi connectivity index (χ2v) is 5.66. The molecule has 0 radical (unpaired) electrons. The maximum absolute atomic E-state index is 12.3. The number of aromatic nitrogens is 1. The predicted molar refractivity (Wildman–Crippen MR) is 80.5 cm³/mol. The van der Waals surface area contributed by atoms with Crippen molar-refractivity contribution >= 4 is 28.4 Å². The fraction of sp³-hybridized carbons (Fsp3) is 0.188. The molecule has 0 atom stereocenters. The van der Waals surface area contributed by atoms with Crippen LogP contribution >= 0.6 is 11.6 Å². The van der Waals surface area contributed by atoms with Crippen LogP contribution in [0.15, 0.2) is 41.0 Å². The lowest BCUT2D eigenvalue weighted by Crippen LogP contribution is -2.35. The Labute approximate surface area is 126 Å². The lowest BCUT2D eigenvalue weighted by atomic mass is 10.0. The summed E-state index contributed by atoms with van der Waals surface area (Å²) in [6, 6.07) is 9.26. The molecule has 5 heteroatoms. The Bertz CT molecular complexity index is 820. The van der Waals surface area contributed by atoms with Crippen LogP contribution in [0.4, 0.5) is 0 Å². The number of rotatable bonds is 1. The molecule has 0 saturated heterocycles. The number of furan rings is 1. The molecule has 0 aliphatic carbocycles. The SMILES string of the molecule is O=C(c1ccco1)N1CCc2c([nH]c3ccc(Cl)cc23)C1. The molecule has 1 N–H and O–H groups in total. The number of carbonyl (C=O) groups excluding carboxylic acids is 1. The fourth-order valence-electron chi connectivity index (χ4n) is 2.94. The van der Waals surface area contributed by atoms with Crippen molar-refractivity contribution in [3.63, 3.8) is 0 Å². The average molecular weight is 301 g/mol. The largest absolute Gasteiger partial charge is 0.459 e. The van der Waals surface area contributed by atoms with Gasteiger partial charge in [-0.1, -0.05) is 11.6 Å². The molecule has 21 heavy (non-hydrogen) atoms. The normalized spacial score (nSPS) is 14.4. The summed E-state index contributed by atoms with van der Waals surface area (Å²) in [5.41, 5.74) is 3.41. The monoisotopic (exact) mass is 300 g/mol. The maximum Gasteiger partial charge on any atom is 0.289 e. The number of benzene rings is 1. The van der Waals surface area contributed by atoms with E-state index >= 15 is 0 Å². The van der Waals surface area contributed by atoms with Crippen LogP contribution in [0.2, 0.25) is 5.02 Å². The Morgan fingerprint density at radius 2 is 2.24 bits per heavy atom. The minimum atomic E-state index is -0.0673. The van der Waals surface area contributed by atoms with Crippen LogP contribution in [0, 0.1) is 0 Å². The van der Waals surface area contributed by atoms with Crippen LogP contribution in [0.5, 0.6) is 0 Å². The highest BCUT2D eigenvalue weighted by Crippen LogP contribution is 2.30. The van der Waals surface area contributed by atoms with Crippen molar-refractivity contribution < 1.29 is 9.21 Å². The summed E-state index contributed by atoms with van der Waals surface area (Å²) in [6.07, 6.45) is 2.34. The number of carbonyl (C=O) groups is 1. The highest BCUT2D eigenvalue weighted by atomic mass is 35.5. The summed E-state index contributed by atoms with van der Waals surface area (Å²) in [5.74, 6) is 0.319. The Hall–Kier alpha value is -2.20. The van der Waals surface area contributed by atoms with Crippen molar-refractivity contribution in [2.75, 3.05) is 6.54 Å². The molecule has 0 unspecified atom stereocenters. The summed E-state index contributed by atoms with van der Waals surface area (Å²) in [5, 5.41) is 1.89. The van der Waals surface area contributed by atoms with E-state index in [9.17, 15) is 4.79 Å². The quantitative estimate of drug-likeness (QED) is 0.746. The van der Waals surface area contributed by atoms with E-state index in [1.54, 1.807) is 17.0 Å². The molecule has 1 aliphatic heterocycles. The molecular weight excluding hydrogens is 288 g/mol. The zero-order valence-electron chi connectivity index (χ0n) is 11.2. The van der Waals surface area contributed by atoms with Gasteiger partial charge in [-0.3, -0.25) is 4.79 Å². The van der Waals surface area contributed by atoms with Gasteiger partial charge >= 0.3 is 0 Å². The minimum Gasteiger partial charge on any atom is -0.459 e. The minimum absolute atomic E-state index is 0.0673. The van der Waals surface area contributed by atoms with E-state index < -0.39 is 0 Å². The van der Waals surface area contributed by atoms with E-state index in [1.165, 1.54) is 11.8 Å². The van der Waals surface area contributed by atoms with Crippen LogP contribution in [0.1, 0.15) is 21.8 Å². The smallest absolute Gasteiger partial charge is 0.289 e. The third-order valence-electron chi connectivity index (χ3n) is 3.96. The van der Waals surface area contributed by atoms with Crippen LogP contribution in [0.25, 0.3) is 10.9 Å². The van der Waals surface area contributed by atoms with Gasteiger partial charge in [0.1, 0.15) is 0 Å². The zero-order valence-corrected chi connectivity index (χ0v) is 12.0. The number of hydrogen-bond donors (Lipinski definition) is 1. The van der Waals surface area contributed by atoms with Gasteiger partial charge in [0, 0.05) is 28.2 Å². The van der Waals surface area contributed by atoms with Crippen molar-refractivity contribution in [3.8, 4) is 0 Å². The molecule has 106 valence electrons. The van der Waals surface area contributed by atoms with E-state index in [2.05, 4.69) is 4.98 Å². The van der Waals surface area contributed by atoms with Gasteiger partial charge in [0.2, 0.25) is 0 Å². The number of fused-ring (bicyclic) bond motifs is 3. The molecule has 3 aromatic rings. The van der Waals surface area contributed by atoms with Gasteiger partial charge in [-0.25, -0.2) is 0 Å². The number of hydrogen-bond acceptors (Lipinski definition) is 2. The second-order valence-electron chi connectivity index (χ2n) is 5.23. The molecule has 0 spiro atoms. The van der Waals surface area contributed by atoms with Gasteiger partial charge in [-0.15, -0.1) is 0 Å². The third kappa shape index (κ3) is 2.03. The van der Waals surface area contributed by atoms with Gasteiger partial charge in [-0.2, -0.15) is 0 Å². The molecule has 0 bridgehead atoms. The first-order valence-corrected chi connectivity index (χ1v) is 7.22. The highest BCUT2D eigenvalue weighted by Gasteiger charge is 2.25. The van der Waals surface area contributed by atoms with Crippen molar-refractivity contribution in [1.29, 1.82) is 0 Å². The fourth-order valence-corrected chi connectivity index (χ4v) is 3.11. The van der Waals surface area contributed by atoms with E-state index in [0.29, 0.717) is 18.8 Å². The number of halogens is 1. The lowest BCUT2D eigenvalue weighted by Gasteiger charge is -2.26. The molecule has 0 saturated carbocycles. The average Bonchev–Trinajstić information content (AvgIpc) is 3.13. The van der Waals surface area contributed by atoms with E-state index in [4.69, 9.17) is 16.0 Å². The molecule has 4 rings (SSSR count). The van der Waals surface area contributed by atoms with E-state index in [1.807, 2.05) is 18.2 Å². The first-order chi connectivity index (χ1) is 10.2. The van der Waals surface area contributed by atoms with Crippen molar-refractivity contribution in [2.45, 2.75) is 13.0 Å². The maximum atomic E-state index is 12.3. The van der Waals surface area contributed by atoms with Crippen LogP contribution < -0.4 is 0 Å². The molecule has 2 aromatic heterocycles. The van der Waals surface area contributed by atoms with Gasteiger partial charge in [0.15, 0.2) is 5.76 Å². The first-order valence-electron chi connectivity index (χ1n) is 6.84. The highest BCUT2D eigenvalue weighted by molar-refractivity contribution is 6.31. The predicted octanol–water partition coefficient (Wildman–Crippen LogP) is 3.61. The van der Waals surface area contributed by atoms with Crippen LogP contribution in [-0.2, 0) is 13.0 Å². The molecular formula is C16H13ClN2O2. The Balaban J connectivity index is 1.69. The number of nitrogens with one attached hydrogen (secondary N) is 1. The summed E-state index contributed by atoms with van der Waals surface area (Å²) in [7, 11) is 0. The standard InChI is InChI=1S/C16H13ClN2O2/c17-10-3-4-13-12(8-10)11-5-6-19(9-14(11)18-13)16(20)15-2-1-7-21-15/h1-4,7-8,18H,5-6,9H2. The van der Waals surface area contributed by atoms with Crippen molar-refractivity contribution in [2.24, 2.45) is 0 Å². The number of H-pyrrole nitrogens is 1. The van der Waals surface area contributed by atoms with E-state index in [-0.39, 0.29) is 5.91 Å². The first kappa shape index (κ1) is 12.5. The second kappa shape index (κ2) is 4.67. The topological polar surface area (TPSA) is 49.2 Å². The number of amides is 1. The summed E-state index contributed by atoms with van der Waals surface area (Å²) >= 11 is 6.07. The molecule has 0 fully saturated rings. The molecule has 1 amide bonds. The lowest BCUT2D eigenvalue weighted by molar-refractivity contribution is 0.0700. The van der Waals surface area contributed by atoms with Gasteiger partial charge in [0.25, 0.3) is 5.91 Å². The summed E-state index contributed by atoms with van der Waals surface area (Å²) in [6.45, 7) is 1.26. The third-order valence-corrected chi connectivity index (χ3v) is 4.19. The summed E-state index contributed by atoms with van der Waals surface area (Å²) < 4.78 is 5.19. The zero-order chi connectivity index (χ0) is 14.4. The molecule has 4 nitrogen and oxygen atoms in total. The van der Waals surface area contributed by atoms with Gasteiger partial charge < -0.3 is 14.3 Å². The number of nitrogens with zero attached hydrogens (tertiary/aromatic N) is 1. The summed E-state index contributed by atoms with van der Waals surface area (Å²) in [4.78, 5) is 17.5. The van der Waals surface area contributed by atoms with Crippen LogP contribution in [0.3, 0.4) is 0 Å². The van der Waals surface area contributed by atoms with Gasteiger partial charge in [0.05, 0.1) is 12.8 Å². The molecule has 1 aliphatic rings. The number of aromatic amines is 1. The van der Waals surface area contributed by atoms with Crippen LogP contribution in [-0.4, -0.2) is 22.3 Å². The Morgan fingerprint density at radius 3 is 3.05 bits per heavy atom. The van der Waals surface area contributed by atoms with Gasteiger partial charge in [-0.05, 0) is 42.3 Å². The molecule has 3 heterocycles. The van der Waals surface area contributed by atoms with Crippen molar-refractivity contribution in [3.05, 3.63) is 58.6 Å². The Morgan fingerprint density at radius 1 is 1.33 bits per heavy atom. The Kier molecular flexibility index (Phi) is 2.79. The van der Waals surface area contributed by atoms with E-state index in [0.717, 1.165) is 28.0 Å². The molecule has 1 aromatic carbocycles. The van der Waals surface area contributed by atoms with Crippen molar-refractivity contribution in [1.82, 2.24) is 9.88 Å².